The van der Waals surface area contributed by atoms with Gasteiger partial charge in [0.25, 0.3) is 0 Å². The molecule has 2 N–H and O–H groups in total. The maximum absolute atomic E-state index is 10.2. The lowest BCUT2D eigenvalue weighted by Crippen LogP contribution is -2.24. The fraction of sp³-hybridized carbons (Fsp3) is 0.750. The maximum Gasteiger partial charge on any atom is 0.323 e. The minimum absolute atomic E-state index is 0. The van der Waals surface area contributed by atoms with E-state index in [9.17, 15) is 4.79 Å². The second-order valence-corrected chi connectivity index (χ2v) is 1.56. The molecule has 0 unspecified atom stereocenters. The Kier molecular flexibility index (Phi) is 2.79. The van der Waals surface area contributed by atoms with Crippen LogP contribution in [0.2, 0.25) is 0 Å². The van der Waals surface area contributed by atoms with Gasteiger partial charge in [-0.2, -0.15) is 0 Å². The van der Waals surface area contributed by atoms with Gasteiger partial charge in [-0.15, -0.1) is 12.4 Å². The summed E-state index contributed by atoms with van der Waals surface area (Å²) in [6.07, 6.45) is 0.679. The molecule has 1 fully saturated rings. The maximum atomic E-state index is 10.2. The van der Waals surface area contributed by atoms with Crippen LogP contribution in [-0.4, -0.2) is 18.6 Å². The van der Waals surface area contributed by atoms with Crippen LogP contribution in [0.1, 0.15) is 6.42 Å². The van der Waals surface area contributed by atoms with Crippen molar-refractivity contribution in [3.8, 4) is 0 Å². The van der Waals surface area contributed by atoms with Gasteiger partial charge in [-0.1, -0.05) is 0 Å². The van der Waals surface area contributed by atoms with Crippen molar-refractivity contribution in [2.24, 2.45) is 5.73 Å². The minimum Gasteiger partial charge on any atom is -0.464 e. The Morgan fingerprint density at radius 3 is 2.50 bits per heavy atom. The molecule has 1 atom stereocenters. The minimum atomic E-state index is -0.347. The SMILES string of the molecule is Cl.N[C@@H]1CCOC1=O. The molecule has 0 spiro atoms. The summed E-state index contributed by atoms with van der Waals surface area (Å²) in [6, 6.07) is -0.347. The Morgan fingerprint density at radius 1 is 1.75 bits per heavy atom. The van der Waals surface area contributed by atoms with Gasteiger partial charge in [0.2, 0.25) is 0 Å². The second-order valence-electron chi connectivity index (χ2n) is 1.56. The molecule has 0 aromatic rings. The Bertz CT molecular complexity index is 96.0. The summed E-state index contributed by atoms with van der Waals surface area (Å²) in [5.74, 6) is -0.264. The molecule has 48 valence electrons. The number of nitrogens with two attached hydrogens (primary N) is 1. The third kappa shape index (κ3) is 1.35. The molecule has 3 nitrogen and oxygen atoms in total. The molecule has 1 aliphatic heterocycles. The van der Waals surface area contributed by atoms with Gasteiger partial charge in [0, 0.05) is 6.42 Å². The van der Waals surface area contributed by atoms with Crippen LogP contribution in [-0.2, 0) is 9.53 Å². The molecule has 0 saturated carbocycles. The molecule has 1 heterocycles. The van der Waals surface area contributed by atoms with Crippen molar-refractivity contribution in [2.45, 2.75) is 12.5 Å². The van der Waals surface area contributed by atoms with E-state index in [0.717, 1.165) is 0 Å². The van der Waals surface area contributed by atoms with Crippen LogP contribution in [0.5, 0.6) is 0 Å². The van der Waals surface area contributed by atoms with Gasteiger partial charge in [-0.25, -0.2) is 0 Å². The predicted molar refractivity (Wildman–Crippen MR) is 30.8 cm³/mol. The van der Waals surface area contributed by atoms with Gasteiger partial charge in [-0.05, 0) is 0 Å². The number of halogens is 1. The van der Waals surface area contributed by atoms with Gasteiger partial charge < -0.3 is 10.5 Å². The lowest BCUT2D eigenvalue weighted by atomic mass is 10.3. The van der Waals surface area contributed by atoms with Crippen molar-refractivity contribution in [1.29, 1.82) is 0 Å². The van der Waals surface area contributed by atoms with Crippen LogP contribution in [0.3, 0.4) is 0 Å². The predicted octanol–water partition coefficient (Wildman–Crippen LogP) is -0.318. The molecule has 0 bridgehead atoms. The fourth-order valence-corrected chi connectivity index (χ4v) is 0.511. The smallest absolute Gasteiger partial charge is 0.323 e. The van der Waals surface area contributed by atoms with E-state index in [-0.39, 0.29) is 24.4 Å². The first-order valence-electron chi connectivity index (χ1n) is 2.23. The van der Waals surface area contributed by atoms with E-state index in [1.807, 2.05) is 0 Å². The van der Waals surface area contributed by atoms with Crippen LogP contribution in [0, 0.1) is 0 Å². The highest BCUT2D eigenvalue weighted by Crippen LogP contribution is 2.00. The number of hydrogen-bond acceptors (Lipinski definition) is 3. The average molecular weight is 138 g/mol. The summed E-state index contributed by atoms with van der Waals surface area (Å²) in [5, 5.41) is 0. The van der Waals surface area contributed by atoms with Crippen LogP contribution in [0.4, 0.5) is 0 Å². The van der Waals surface area contributed by atoms with E-state index in [1.165, 1.54) is 0 Å². The highest BCUT2D eigenvalue weighted by atomic mass is 35.5. The van der Waals surface area contributed by atoms with Gasteiger partial charge in [-0.3, -0.25) is 4.79 Å². The second kappa shape index (κ2) is 2.89. The molecule has 1 aliphatic rings. The number of hydrogen-bond donors (Lipinski definition) is 1. The summed E-state index contributed by atoms with van der Waals surface area (Å²) in [4.78, 5) is 10.2. The number of ether oxygens (including phenoxy) is 1. The Balaban J connectivity index is 0.000000490. The zero-order valence-electron chi connectivity index (χ0n) is 4.29. The number of esters is 1. The lowest BCUT2D eigenvalue weighted by Gasteiger charge is -1.89. The number of carbonyl (C=O) groups is 1. The molecule has 0 aromatic carbocycles. The van der Waals surface area contributed by atoms with Crippen LogP contribution >= 0.6 is 12.4 Å². The zero-order chi connectivity index (χ0) is 5.28. The fourth-order valence-electron chi connectivity index (χ4n) is 0.511. The molecule has 0 amide bonds. The quantitative estimate of drug-likeness (QED) is 0.466. The number of carbonyl (C=O) groups excluding carboxylic acids is 1. The van der Waals surface area contributed by atoms with Crippen LogP contribution < -0.4 is 5.73 Å². The highest BCUT2D eigenvalue weighted by Gasteiger charge is 2.20. The van der Waals surface area contributed by atoms with E-state index in [1.54, 1.807) is 0 Å². The van der Waals surface area contributed by atoms with Crippen molar-refractivity contribution in [1.82, 2.24) is 0 Å². The lowest BCUT2D eigenvalue weighted by molar-refractivity contribution is -0.139. The van der Waals surface area contributed by atoms with Crippen molar-refractivity contribution in [3.05, 3.63) is 0 Å². The monoisotopic (exact) mass is 137 g/mol. The summed E-state index contributed by atoms with van der Waals surface area (Å²) in [5.41, 5.74) is 5.20. The Hall–Kier alpha value is -0.280. The zero-order valence-corrected chi connectivity index (χ0v) is 5.11. The van der Waals surface area contributed by atoms with Crippen molar-refractivity contribution in [3.63, 3.8) is 0 Å². The summed E-state index contributed by atoms with van der Waals surface area (Å²) >= 11 is 0. The summed E-state index contributed by atoms with van der Waals surface area (Å²) in [6.45, 7) is 0.500. The van der Waals surface area contributed by atoms with Crippen molar-refractivity contribution >= 4 is 18.4 Å². The van der Waals surface area contributed by atoms with Gasteiger partial charge in [0.15, 0.2) is 0 Å². The largest absolute Gasteiger partial charge is 0.464 e. The standard InChI is InChI=1S/C4H7NO2.ClH/c5-3-1-2-7-4(3)6;/h3H,1-2,5H2;1H/t3-;/m1./s1. The van der Waals surface area contributed by atoms with E-state index in [0.29, 0.717) is 13.0 Å². The van der Waals surface area contributed by atoms with E-state index >= 15 is 0 Å². The molecule has 1 rings (SSSR count). The molecular formula is C4H8ClNO2. The van der Waals surface area contributed by atoms with Crippen molar-refractivity contribution < 1.29 is 9.53 Å². The molecule has 0 radical (unpaired) electrons. The molecule has 4 heteroatoms. The summed E-state index contributed by atoms with van der Waals surface area (Å²) in [7, 11) is 0. The first kappa shape index (κ1) is 7.72. The first-order chi connectivity index (χ1) is 3.30. The molecule has 0 aromatic heterocycles. The van der Waals surface area contributed by atoms with Crippen LogP contribution in [0.15, 0.2) is 0 Å². The normalized spacial score (nSPS) is 26.6. The van der Waals surface area contributed by atoms with Crippen LogP contribution in [0.25, 0.3) is 0 Å². The van der Waals surface area contributed by atoms with Gasteiger partial charge >= 0.3 is 5.97 Å². The summed E-state index contributed by atoms with van der Waals surface area (Å²) < 4.78 is 4.50. The molecular weight excluding hydrogens is 130 g/mol. The number of cyclic esters (lactones) is 1. The number of rotatable bonds is 0. The third-order valence-corrected chi connectivity index (χ3v) is 0.976. The highest BCUT2D eigenvalue weighted by molar-refractivity contribution is 5.85. The van der Waals surface area contributed by atoms with Gasteiger partial charge in [0.1, 0.15) is 6.04 Å². The van der Waals surface area contributed by atoms with Crippen molar-refractivity contribution in [2.75, 3.05) is 6.61 Å². The Morgan fingerprint density at radius 2 is 2.38 bits per heavy atom. The topological polar surface area (TPSA) is 52.3 Å². The van der Waals surface area contributed by atoms with E-state index in [2.05, 4.69) is 4.74 Å². The van der Waals surface area contributed by atoms with E-state index < -0.39 is 0 Å². The van der Waals surface area contributed by atoms with Gasteiger partial charge in [0.05, 0.1) is 6.61 Å². The third-order valence-electron chi connectivity index (χ3n) is 0.976. The average Bonchev–Trinajstić information content (AvgIpc) is 1.91. The van der Waals surface area contributed by atoms with E-state index in [4.69, 9.17) is 5.73 Å². The first-order valence-corrected chi connectivity index (χ1v) is 2.23. The molecule has 8 heavy (non-hydrogen) atoms. The molecule has 0 aliphatic carbocycles. The Labute approximate surface area is 53.6 Å². The molecule has 1 saturated heterocycles.